The molecule has 9 nitrogen and oxygen atoms in total. The van der Waals surface area contributed by atoms with E-state index in [1.54, 1.807) is 24.3 Å². The number of H-pyrrole nitrogens is 1. The van der Waals surface area contributed by atoms with Crippen molar-refractivity contribution in [1.29, 1.82) is 0 Å². The van der Waals surface area contributed by atoms with Crippen LogP contribution in [0.4, 0.5) is 5.69 Å². The van der Waals surface area contributed by atoms with Crippen LogP contribution in [0.5, 0.6) is 0 Å². The van der Waals surface area contributed by atoms with Crippen molar-refractivity contribution < 1.29 is 4.79 Å². The van der Waals surface area contributed by atoms with Gasteiger partial charge in [-0.3, -0.25) is 14.7 Å². The van der Waals surface area contributed by atoms with Crippen molar-refractivity contribution in [2.75, 3.05) is 5.32 Å². The fraction of sp³-hybridized carbons (Fsp3) is 0.238. The number of nitrogens with zero attached hydrogens (tertiary/aromatic N) is 5. The van der Waals surface area contributed by atoms with Gasteiger partial charge in [0.25, 0.3) is 5.56 Å². The van der Waals surface area contributed by atoms with E-state index in [2.05, 4.69) is 30.8 Å². The van der Waals surface area contributed by atoms with Crippen molar-refractivity contribution in [3.05, 3.63) is 64.7 Å². The van der Waals surface area contributed by atoms with E-state index in [-0.39, 0.29) is 24.4 Å². The van der Waals surface area contributed by atoms with Crippen LogP contribution in [0, 0.1) is 0 Å². The Labute approximate surface area is 171 Å². The van der Waals surface area contributed by atoms with Crippen LogP contribution in [0.3, 0.4) is 0 Å². The zero-order valence-electron chi connectivity index (χ0n) is 16.1. The summed E-state index contributed by atoms with van der Waals surface area (Å²) in [5, 5.41) is 18.5. The van der Waals surface area contributed by atoms with Gasteiger partial charge in [-0.05, 0) is 49.2 Å². The summed E-state index contributed by atoms with van der Waals surface area (Å²) in [4.78, 5) is 29.3. The van der Waals surface area contributed by atoms with Crippen molar-refractivity contribution in [3.8, 4) is 11.4 Å². The molecular weight excluding hydrogens is 382 g/mol. The van der Waals surface area contributed by atoms with Crippen LogP contribution < -0.4 is 10.9 Å². The second kappa shape index (κ2) is 7.51. The molecule has 0 spiro atoms. The molecule has 1 aliphatic carbocycles. The minimum Gasteiger partial charge on any atom is -0.326 e. The molecule has 5 rings (SSSR count). The average molecular weight is 401 g/mol. The van der Waals surface area contributed by atoms with Crippen molar-refractivity contribution >= 4 is 22.5 Å². The minimum atomic E-state index is -0.255. The van der Waals surface area contributed by atoms with Gasteiger partial charge in [0.05, 0.1) is 11.9 Å². The van der Waals surface area contributed by atoms with Crippen LogP contribution in [0.1, 0.15) is 31.0 Å². The highest BCUT2D eigenvalue weighted by molar-refractivity contribution is 5.90. The maximum atomic E-state index is 12.4. The second-order valence-electron chi connectivity index (χ2n) is 7.33. The summed E-state index contributed by atoms with van der Waals surface area (Å²) < 4.78 is 1.21. The molecule has 1 amide bonds. The quantitative estimate of drug-likeness (QED) is 0.512. The number of benzene rings is 2. The first-order valence-corrected chi connectivity index (χ1v) is 9.82. The Morgan fingerprint density at radius 1 is 1.13 bits per heavy atom. The molecule has 0 radical (unpaired) electrons. The highest BCUT2D eigenvalue weighted by Crippen LogP contribution is 2.38. The van der Waals surface area contributed by atoms with E-state index in [0.29, 0.717) is 28.3 Å². The molecule has 1 saturated carbocycles. The fourth-order valence-corrected chi connectivity index (χ4v) is 3.25. The Hall–Kier alpha value is -3.88. The Balaban J connectivity index is 1.21. The molecule has 2 aromatic heterocycles. The predicted molar refractivity (Wildman–Crippen MR) is 111 cm³/mol. The van der Waals surface area contributed by atoms with E-state index >= 15 is 0 Å². The number of carbonyl (C=O) groups excluding carboxylic acids is 1. The largest absolute Gasteiger partial charge is 0.326 e. The number of hydrogen-bond acceptors (Lipinski definition) is 6. The van der Waals surface area contributed by atoms with Crippen LogP contribution in [-0.2, 0) is 11.3 Å². The van der Waals surface area contributed by atoms with Gasteiger partial charge in [-0.1, -0.05) is 17.3 Å². The van der Waals surface area contributed by atoms with Crippen LogP contribution in [0.25, 0.3) is 22.3 Å². The lowest BCUT2D eigenvalue weighted by Gasteiger charge is -2.07. The molecule has 1 aliphatic rings. The van der Waals surface area contributed by atoms with Gasteiger partial charge in [0.15, 0.2) is 5.82 Å². The first-order valence-electron chi connectivity index (χ1n) is 9.82. The fourth-order valence-electron chi connectivity index (χ4n) is 3.25. The van der Waals surface area contributed by atoms with Crippen LogP contribution in [0.15, 0.2) is 53.3 Å². The van der Waals surface area contributed by atoms with E-state index in [9.17, 15) is 9.59 Å². The van der Waals surface area contributed by atoms with Gasteiger partial charge in [-0.15, -0.1) is 5.10 Å². The van der Waals surface area contributed by atoms with E-state index in [1.165, 1.54) is 4.68 Å². The maximum absolute atomic E-state index is 12.4. The lowest BCUT2D eigenvalue weighted by molar-refractivity contribution is -0.116. The number of rotatable bonds is 6. The summed E-state index contributed by atoms with van der Waals surface area (Å²) in [5.74, 6) is 1.90. The van der Waals surface area contributed by atoms with E-state index in [4.69, 9.17) is 0 Å². The lowest BCUT2D eigenvalue weighted by Crippen LogP contribution is -2.26. The van der Waals surface area contributed by atoms with Crippen molar-refractivity contribution in [2.24, 2.45) is 0 Å². The molecule has 0 saturated heterocycles. The van der Waals surface area contributed by atoms with Crippen molar-refractivity contribution in [1.82, 2.24) is 30.2 Å². The normalized spacial score (nSPS) is 13.5. The van der Waals surface area contributed by atoms with Gasteiger partial charge in [0.1, 0.15) is 11.3 Å². The number of nitrogens with one attached hydrogen (secondary N) is 2. The third-order valence-corrected chi connectivity index (χ3v) is 5.07. The van der Waals surface area contributed by atoms with E-state index in [1.807, 2.05) is 24.3 Å². The molecule has 2 N–H and O–H groups in total. The monoisotopic (exact) mass is 401 g/mol. The molecule has 0 aliphatic heterocycles. The Bertz CT molecular complexity index is 1270. The third-order valence-electron chi connectivity index (χ3n) is 5.07. The molecule has 1 fully saturated rings. The highest BCUT2D eigenvalue weighted by atomic mass is 16.2. The van der Waals surface area contributed by atoms with Gasteiger partial charge in [-0.2, -0.15) is 5.10 Å². The van der Waals surface area contributed by atoms with Gasteiger partial charge < -0.3 is 5.32 Å². The molecule has 2 aromatic carbocycles. The molecule has 0 atom stereocenters. The Morgan fingerprint density at radius 2 is 1.93 bits per heavy atom. The standard InChI is InChI=1S/C21H19N7O2/c29-18(11-12-28-21(30)16-3-1-2-4-17(16)24-27-28)22-15-9-7-14(8-10-15)20-23-19(25-26-20)13-5-6-13/h1-4,7-10,13H,5-6,11-12H2,(H,22,29)(H,23,25,26). The topological polar surface area (TPSA) is 118 Å². The van der Waals surface area contributed by atoms with Gasteiger partial charge in [0, 0.05) is 23.6 Å². The number of aromatic amines is 1. The highest BCUT2D eigenvalue weighted by Gasteiger charge is 2.27. The third kappa shape index (κ3) is 3.69. The molecule has 4 aromatic rings. The number of aryl methyl sites for hydroxylation is 1. The molecule has 2 heterocycles. The molecule has 150 valence electrons. The number of carbonyl (C=O) groups is 1. The van der Waals surface area contributed by atoms with Crippen LogP contribution in [0.2, 0.25) is 0 Å². The Morgan fingerprint density at radius 3 is 2.73 bits per heavy atom. The molecule has 30 heavy (non-hydrogen) atoms. The molecular formula is C21H19N7O2. The number of amides is 1. The summed E-state index contributed by atoms with van der Waals surface area (Å²) in [7, 11) is 0. The van der Waals surface area contributed by atoms with E-state index in [0.717, 1.165) is 24.2 Å². The van der Waals surface area contributed by atoms with Gasteiger partial charge in [-0.25, -0.2) is 9.67 Å². The second-order valence-corrected chi connectivity index (χ2v) is 7.33. The summed E-state index contributed by atoms with van der Waals surface area (Å²) in [6.45, 7) is 0.154. The molecule has 0 unspecified atom stereocenters. The molecule has 9 heteroatoms. The number of hydrogen-bond donors (Lipinski definition) is 2. The maximum Gasteiger partial charge on any atom is 0.277 e. The average Bonchev–Trinajstić information content (AvgIpc) is 3.51. The van der Waals surface area contributed by atoms with Gasteiger partial charge in [0.2, 0.25) is 5.91 Å². The number of fused-ring (bicyclic) bond motifs is 1. The zero-order chi connectivity index (χ0) is 20.5. The summed E-state index contributed by atoms with van der Waals surface area (Å²) in [6.07, 6.45) is 2.44. The minimum absolute atomic E-state index is 0.111. The smallest absolute Gasteiger partial charge is 0.277 e. The lowest BCUT2D eigenvalue weighted by atomic mass is 10.2. The molecule has 0 bridgehead atoms. The summed E-state index contributed by atoms with van der Waals surface area (Å²) in [6, 6.07) is 14.4. The zero-order valence-corrected chi connectivity index (χ0v) is 16.1. The summed E-state index contributed by atoms with van der Waals surface area (Å²) in [5.41, 5.74) is 1.83. The van der Waals surface area contributed by atoms with E-state index < -0.39 is 0 Å². The van der Waals surface area contributed by atoms with Crippen LogP contribution in [-0.4, -0.2) is 36.1 Å². The first kappa shape index (κ1) is 18.2. The Kier molecular flexibility index (Phi) is 4.55. The SMILES string of the molecule is O=C(CCn1nnc2ccccc2c1=O)Nc1ccc(-c2n[nH]c(C3CC3)n2)cc1. The first-order chi connectivity index (χ1) is 14.7. The number of aromatic nitrogens is 6. The van der Waals surface area contributed by atoms with Crippen LogP contribution >= 0.6 is 0 Å². The van der Waals surface area contributed by atoms with Crippen molar-refractivity contribution in [3.63, 3.8) is 0 Å². The number of anilines is 1. The van der Waals surface area contributed by atoms with Crippen molar-refractivity contribution in [2.45, 2.75) is 31.7 Å². The van der Waals surface area contributed by atoms with Gasteiger partial charge >= 0.3 is 0 Å². The summed E-state index contributed by atoms with van der Waals surface area (Å²) >= 11 is 0. The predicted octanol–water partition coefficient (Wildman–Crippen LogP) is 2.48.